The first-order valence-electron chi connectivity index (χ1n) is 5.95. The van der Waals surface area contributed by atoms with Crippen LogP contribution in [0.25, 0.3) is 0 Å². The summed E-state index contributed by atoms with van der Waals surface area (Å²) in [6.45, 7) is 3.76. The molecule has 0 saturated carbocycles. The Balaban J connectivity index is 2.70. The number of rotatable bonds is 5. The molecule has 108 valence electrons. The summed E-state index contributed by atoms with van der Waals surface area (Å²) in [5.74, 6) is -2.12. The predicted molar refractivity (Wildman–Crippen MR) is 73.3 cm³/mol. The van der Waals surface area contributed by atoms with E-state index in [9.17, 15) is 14.4 Å². The zero-order valence-electron chi connectivity index (χ0n) is 11.3. The SMILES string of the molecule is Cc1cc(C)cc(NC(=O)N[C@@H](CC(N)=O)C(=O)O)c1. The molecule has 7 heteroatoms. The van der Waals surface area contributed by atoms with E-state index in [0.717, 1.165) is 11.1 Å². The van der Waals surface area contributed by atoms with Gasteiger partial charge in [0.15, 0.2) is 0 Å². The molecule has 1 atom stereocenters. The predicted octanol–water partition coefficient (Wildman–Crippen LogP) is 0.754. The molecule has 7 nitrogen and oxygen atoms in total. The number of carboxylic acid groups (broad SMARTS) is 1. The van der Waals surface area contributed by atoms with Crippen LogP contribution in [0.2, 0.25) is 0 Å². The second-order valence-corrected chi connectivity index (χ2v) is 4.54. The quantitative estimate of drug-likeness (QED) is 0.635. The van der Waals surface area contributed by atoms with Crippen LogP contribution in [-0.2, 0) is 9.59 Å². The van der Waals surface area contributed by atoms with Crippen molar-refractivity contribution in [1.29, 1.82) is 0 Å². The lowest BCUT2D eigenvalue weighted by atomic mass is 10.1. The molecule has 1 rings (SSSR count). The number of benzene rings is 1. The molecule has 0 heterocycles. The largest absolute Gasteiger partial charge is 0.480 e. The van der Waals surface area contributed by atoms with Gasteiger partial charge in [-0.25, -0.2) is 9.59 Å². The number of hydrogen-bond acceptors (Lipinski definition) is 3. The van der Waals surface area contributed by atoms with Crippen LogP contribution in [-0.4, -0.2) is 29.1 Å². The first-order valence-corrected chi connectivity index (χ1v) is 5.95. The Morgan fingerprint density at radius 3 is 2.20 bits per heavy atom. The lowest BCUT2D eigenvalue weighted by molar-refractivity contribution is -0.140. The number of anilines is 1. The fourth-order valence-electron chi connectivity index (χ4n) is 1.77. The topological polar surface area (TPSA) is 122 Å². The second-order valence-electron chi connectivity index (χ2n) is 4.54. The fraction of sp³-hybridized carbons (Fsp3) is 0.308. The monoisotopic (exact) mass is 279 g/mol. The highest BCUT2D eigenvalue weighted by atomic mass is 16.4. The summed E-state index contributed by atoms with van der Waals surface area (Å²) in [5.41, 5.74) is 7.40. The lowest BCUT2D eigenvalue weighted by Crippen LogP contribution is -2.45. The Morgan fingerprint density at radius 2 is 1.75 bits per heavy atom. The molecule has 0 aliphatic carbocycles. The zero-order valence-corrected chi connectivity index (χ0v) is 11.3. The summed E-state index contributed by atoms with van der Waals surface area (Å²) in [7, 11) is 0. The highest BCUT2D eigenvalue weighted by Gasteiger charge is 2.22. The second kappa shape index (κ2) is 6.55. The minimum Gasteiger partial charge on any atom is -0.480 e. The summed E-state index contributed by atoms with van der Waals surface area (Å²) >= 11 is 0. The molecule has 3 amide bonds. The average molecular weight is 279 g/mol. The molecule has 0 fully saturated rings. The van der Waals surface area contributed by atoms with E-state index in [-0.39, 0.29) is 0 Å². The van der Waals surface area contributed by atoms with Crippen molar-refractivity contribution in [2.24, 2.45) is 5.73 Å². The van der Waals surface area contributed by atoms with Crippen LogP contribution in [0.3, 0.4) is 0 Å². The highest BCUT2D eigenvalue weighted by molar-refractivity contribution is 5.93. The number of aryl methyl sites for hydroxylation is 2. The van der Waals surface area contributed by atoms with Crippen LogP contribution in [0.1, 0.15) is 17.5 Å². The molecule has 0 spiro atoms. The molecule has 1 aromatic carbocycles. The van der Waals surface area contributed by atoms with Crippen molar-refractivity contribution in [3.05, 3.63) is 29.3 Å². The third kappa shape index (κ3) is 4.97. The number of primary amides is 1. The van der Waals surface area contributed by atoms with Gasteiger partial charge in [-0.05, 0) is 37.1 Å². The standard InChI is InChI=1S/C13H17N3O4/c1-7-3-8(2)5-9(4-7)15-13(20)16-10(12(18)19)6-11(14)17/h3-5,10H,6H2,1-2H3,(H2,14,17)(H,18,19)(H2,15,16,20)/t10-/m0/s1. The lowest BCUT2D eigenvalue weighted by Gasteiger charge is -2.14. The Morgan fingerprint density at radius 1 is 1.20 bits per heavy atom. The molecule has 0 bridgehead atoms. The maximum absolute atomic E-state index is 11.7. The van der Waals surface area contributed by atoms with Crippen molar-refractivity contribution >= 4 is 23.6 Å². The Bertz CT molecular complexity index is 522. The van der Waals surface area contributed by atoms with Crippen molar-refractivity contribution in [3.8, 4) is 0 Å². The first-order chi connectivity index (χ1) is 9.27. The number of carbonyl (C=O) groups is 3. The molecule has 5 N–H and O–H groups in total. The summed E-state index contributed by atoms with van der Waals surface area (Å²) in [4.78, 5) is 33.3. The van der Waals surface area contributed by atoms with Crippen molar-refractivity contribution in [1.82, 2.24) is 5.32 Å². The van der Waals surface area contributed by atoms with Crippen LogP contribution in [0.15, 0.2) is 18.2 Å². The van der Waals surface area contributed by atoms with Crippen molar-refractivity contribution in [3.63, 3.8) is 0 Å². The van der Waals surface area contributed by atoms with E-state index in [1.807, 2.05) is 19.9 Å². The summed E-state index contributed by atoms with van der Waals surface area (Å²) < 4.78 is 0. The third-order valence-electron chi connectivity index (χ3n) is 2.49. The van der Waals surface area contributed by atoms with Gasteiger partial charge in [0.25, 0.3) is 0 Å². The maximum Gasteiger partial charge on any atom is 0.326 e. The maximum atomic E-state index is 11.7. The molecule has 0 radical (unpaired) electrons. The Hall–Kier alpha value is -2.57. The number of aliphatic carboxylic acids is 1. The summed E-state index contributed by atoms with van der Waals surface area (Å²) in [5, 5.41) is 13.6. The minimum atomic E-state index is -1.35. The summed E-state index contributed by atoms with van der Waals surface area (Å²) in [6, 6.07) is 3.38. The first kappa shape index (κ1) is 15.5. The van der Waals surface area contributed by atoms with Crippen LogP contribution in [0, 0.1) is 13.8 Å². The highest BCUT2D eigenvalue weighted by Crippen LogP contribution is 2.13. The van der Waals surface area contributed by atoms with Gasteiger partial charge in [-0.1, -0.05) is 6.07 Å². The van der Waals surface area contributed by atoms with E-state index in [2.05, 4.69) is 10.6 Å². The van der Waals surface area contributed by atoms with Gasteiger partial charge in [0, 0.05) is 5.69 Å². The van der Waals surface area contributed by atoms with E-state index in [1.165, 1.54) is 0 Å². The van der Waals surface area contributed by atoms with Gasteiger partial charge in [0.2, 0.25) is 5.91 Å². The third-order valence-corrected chi connectivity index (χ3v) is 2.49. The van der Waals surface area contributed by atoms with E-state index < -0.39 is 30.4 Å². The number of amides is 3. The molecule has 0 aliphatic rings. The zero-order chi connectivity index (χ0) is 15.3. The van der Waals surface area contributed by atoms with Gasteiger partial charge in [-0.15, -0.1) is 0 Å². The number of urea groups is 1. The van der Waals surface area contributed by atoms with Crippen molar-refractivity contribution < 1.29 is 19.5 Å². The molecule has 1 aromatic rings. The van der Waals surface area contributed by atoms with Gasteiger partial charge < -0.3 is 21.5 Å². The van der Waals surface area contributed by atoms with E-state index in [4.69, 9.17) is 10.8 Å². The van der Waals surface area contributed by atoms with Crippen LogP contribution < -0.4 is 16.4 Å². The molecule has 20 heavy (non-hydrogen) atoms. The number of hydrogen-bond donors (Lipinski definition) is 4. The number of nitrogens with one attached hydrogen (secondary N) is 2. The number of nitrogens with two attached hydrogens (primary N) is 1. The number of carboxylic acids is 1. The summed E-state index contributed by atoms with van der Waals surface area (Å²) in [6.07, 6.45) is -0.463. The smallest absolute Gasteiger partial charge is 0.326 e. The van der Waals surface area contributed by atoms with Gasteiger partial charge in [-0.3, -0.25) is 4.79 Å². The van der Waals surface area contributed by atoms with E-state index in [0.29, 0.717) is 5.69 Å². The van der Waals surface area contributed by atoms with Gasteiger partial charge >= 0.3 is 12.0 Å². The van der Waals surface area contributed by atoms with Gasteiger partial charge in [0.05, 0.1) is 6.42 Å². The normalized spacial score (nSPS) is 11.5. The Labute approximate surface area is 116 Å². The van der Waals surface area contributed by atoms with Crippen molar-refractivity contribution in [2.45, 2.75) is 26.3 Å². The Kier molecular flexibility index (Phi) is 5.08. The van der Waals surface area contributed by atoms with Gasteiger partial charge in [0.1, 0.15) is 6.04 Å². The molecule has 0 aliphatic heterocycles. The minimum absolute atomic E-state index is 0.463. The van der Waals surface area contributed by atoms with Gasteiger partial charge in [-0.2, -0.15) is 0 Å². The fourth-order valence-corrected chi connectivity index (χ4v) is 1.77. The van der Waals surface area contributed by atoms with Crippen molar-refractivity contribution in [2.75, 3.05) is 5.32 Å². The molecule has 0 saturated heterocycles. The average Bonchev–Trinajstić information content (AvgIpc) is 2.25. The van der Waals surface area contributed by atoms with E-state index in [1.54, 1.807) is 12.1 Å². The van der Waals surface area contributed by atoms with Crippen LogP contribution in [0.5, 0.6) is 0 Å². The molecular formula is C13H17N3O4. The molecule has 0 unspecified atom stereocenters. The molecular weight excluding hydrogens is 262 g/mol. The number of carbonyl (C=O) groups excluding carboxylic acids is 2. The van der Waals surface area contributed by atoms with Crippen LogP contribution in [0.4, 0.5) is 10.5 Å². The molecule has 0 aromatic heterocycles. The van der Waals surface area contributed by atoms with E-state index >= 15 is 0 Å². The van der Waals surface area contributed by atoms with Crippen LogP contribution >= 0.6 is 0 Å².